The molecular formula is C16H24BrNO2. The molecule has 0 spiro atoms. The molecule has 2 rings (SSSR count). The number of rotatable bonds is 6. The van der Waals surface area contributed by atoms with Gasteiger partial charge in [0.2, 0.25) is 0 Å². The summed E-state index contributed by atoms with van der Waals surface area (Å²) in [4.78, 5) is 0. The monoisotopic (exact) mass is 341 g/mol. The van der Waals surface area contributed by atoms with Crippen LogP contribution in [0.25, 0.3) is 0 Å². The summed E-state index contributed by atoms with van der Waals surface area (Å²) >= 11 is 3.53. The fourth-order valence-corrected chi connectivity index (χ4v) is 3.05. The highest BCUT2D eigenvalue weighted by atomic mass is 79.9. The van der Waals surface area contributed by atoms with Gasteiger partial charge in [-0.25, -0.2) is 0 Å². The topological polar surface area (TPSA) is 30.5 Å². The molecule has 0 bridgehead atoms. The Morgan fingerprint density at radius 1 is 1.50 bits per heavy atom. The van der Waals surface area contributed by atoms with Gasteiger partial charge < -0.3 is 14.8 Å². The lowest BCUT2D eigenvalue weighted by molar-refractivity contribution is 0.0170. The number of benzene rings is 1. The highest BCUT2D eigenvalue weighted by Crippen LogP contribution is 2.42. The van der Waals surface area contributed by atoms with Crippen molar-refractivity contribution in [3.05, 3.63) is 28.2 Å². The molecule has 0 amide bonds. The van der Waals surface area contributed by atoms with E-state index < -0.39 is 0 Å². The van der Waals surface area contributed by atoms with Crippen molar-refractivity contribution in [2.24, 2.45) is 0 Å². The maximum Gasteiger partial charge on any atom is 0.126 e. The van der Waals surface area contributed by atoms with Gasteiger partial charge in [0.05, 0.1) is 0 Å². The zero-order valence-electron chi connectivity index (χ0n) is 12.5. The molecule has 0 aromatic heterocycles. The Labute approximate surface area is 130 Å². The molecular weight excluding hydrogens is 318 g/mol. The first-order chi connectivity index (χ1) is 9.58. The van der Waals surface area contributed by atoms with Crippen LogP contribution in [0.5, 0.6) is 5.75 Å². The van der Waals surface area contributed by atoms with Crippen molar-refractivity contribution in [3.8, 4) is 5.75 Å². The van der Waals surface area contributed by atoms with E-state index >= 15 is 0 Å². The van der Waals surface area contributed by atoms with E-state index in [1.54, 1.807) is 7.11 Å². The molecule has 3 nitrogen and oxygen atoms in total. The standard InChI is InChI=1S/C16H24BrNO2/c1-4-8-18-14-11-16(2,7-9-19-3)20-15-10-12(17)5-6-13(14)15/h5-6,10,14,18H,4,7-9,11H2,1-3H3. The quantitative estimate of drug-likeness (QED) is 0.845. The largest absolute Gasteiger partial charge is 0.487 e. The molecule has 2 atom stereocenters. The van der Waals surface area contributed by atoms with Gasteiger partial charge in [-0.2, -0.15) is 0 Å². The van der Waals surface area contributed by atoms with E-state index in [1.807, 2.05) is 0 Å². The number of nitrogens with one attached hydrogen (secondary N) is 1. The normalized spacial score (nSPS) is 25.1. The summed E-state index contributed by atoms with van der Waals surface area (Å²) in [6.07, 6.45) is 3.02. The molecule has 1 heterocycles. The van der Waals surface area contributed by atoms with Gasteiger partial charge in [-0.15, -0.1) is 0 Å². The van der Waals surface area contributed by atoms with Gasteiger partial charge >= 0.3 is 0 Å². The molecule has 112 valence electrons. The van der Waals surface area contributed by atoms with Crippen LogP contribution in [-0.4, -0.2) is 25.9 Å². The maximum atomic E-state index is 6.26. The Hall–Kier alpha value is -0.580. The van der Waals surface area contributed by atoms with Crippen molar-refractivity contribution in [2.45, 2.75) is 44.8 Å². The lowest BCUT2D eigenvalue weighted by atomic mass is 9.86. The first kappa shape index (κ1) is 15.8. The van der Waals surface area contributed by atoms with Crippen LogP contribution in [-0.2, 0) is 4.74 Å². The molecule has 0 fully saturated rings. The number of hydrogen-bond acceptors (Lipinski definition) is 3. The van der Waals surface area contributed by atoms with Crippen molar-refractivity contribution < 1.29 is 9.47 Å². The number of methoxy groups -OCH3 is 1. The third-order valence-corrected chi connectivity index (χ3v) is 4.31. The van der Waals surface area contributed by atoms with Gasteiger partial charge in [0.1, 0.15) is 11.4 Å². The number of halogens is 1. The number of fused-ring (bicyclic) bond motifs is 1. The van der Waals surface area contributed by atoms with E-state index in [4.69, 9.17) is 9.47 Å². The van der Waals surface area contributed by atoms with Gasteiger partial charge in [-0.3, -0.25) is 0 Å². The second-order valence-corrected chi connectivity index (χ2v) is 6.60. The third kappa shape index (κ3) is 3.74. The van der Waals surface area contributed by atoms with Gasteiger partial charge in [0, 0.05) is 42.6 Å². The molecule has 1 aromatic carbocycles. The molecule has 1 N–H and O–H groups in total. The van der Waals surface area contributed by atoms with Crippen LogP contribution in [0.2, 0.25) is 0 Å². The maximum absolute atomic E-state index is 6.26. The van der Waals surface area contributed by atoms with Crippen molar-refractivity contribution in [3.63, 3.8) is 0 Å². The van der Waals surface area contributed by atoms with Crippen LogP contribution >= 0.6 is 15.9 Å². The molecule has 20 heavy (non-hydrogen) atoms. The van der Waals surface area contributed by atoms with E-state index in [1.165, 1.54) is 5.56 Å². The summed E-state index contributed by atoms with van der Waals surface area (Å²) in [5.74, 6) is 0.984. The van der Waals surface area contributed by atoms with Crippen molar-refractivity contribution in [2.75, 3.05) is 20.3 Å². The Kier molecular flexibility index (Phi) is 5.47. The molecule has 0 radical (unpaired) electrons. The smallest absolute Gasteiger partial charge is 0.126 e. The van der Waals surface area contributed by atoms with Crippen molar-refractivity contribution in [1.29, 1.82) is 0 Å². The van der Waals surface area contributed by atoms with Crippen LogP contribution in [0.4, 0.5) is 0 Å². The van der Waals surface area contributed by atoms with Crippen molar-refractivity contribution >= 4 is 15.9 Å². The van der Waals surface area contributed by atoms with E-state index in [9.17, 15) is 0 Å². The van der Waals surface area contributed by atoms with E-state index in [2.05, 4.69) is 53.3 Å². The predicted octanol–water partition coefficient (Wildman–Crippen LogP) is 4.07. The minimum Gasteiger partial charge on any atom is -0.487 e. The Bertz CT molecular complexity index is 452. The summed E-state index contributed by atoms with van der Waals surface area (Å²) in [6.45, 7) is 6.12. The summed E-state index contributed by atoms with van der Waals surface area (Å²) in [5.41, 5.74) is 1.09. The third-order valence-electron chi connectivity index (χ3n) is 3.82. The number of hydrogen-bond donors (Lipinski definition) is 1. The van der Waals surface area contributed by atoms with Gasteiger partial charge in [-0.05, 0) is 32.0 Å². The average Bonchev–Trinajstić information content (AvgIpc) is 2.42. The Balaban J connectivity index is 2.24. The molecule has 0 saturated carbocycles. The van der Waals surface area contributed by atoms with Crippen molar-refractivity contribution in [1.82, 2.24) is 5.32 Å². The molecule has 2 unspecified atom stereocenters. The lowest BCUT2D eigenvalue weighted by Crippen LogP contribution is -2.42. The van der Waals surface area contributed by atoms with E-state index in [0.717, 1.165) is 42.6 Å². The molecule has 0 aliphatic carbocycles. The van der Waals surface area contributed by atoms with Crippen LogP contribution in [0, 0.1) is 0 Å². The molecule has 1 aromatic rings. The zero-order valence-corrected chi connectivity index (χ0v) is 14.1. The summed E-state index contributed by atoms with van der Waals surface area (Å²) in [6, 6.07) is 6.66. The second-order valence-electron chi connectivity index (χ2n) is 5.69. The Morgan fingerprint density at radius 3 is 3.00 bits per heavy atom. The van der Waals surface area contributed by atoms with E-state index in [0.29, 0.717) is 6.04 Å². The highest BCUT2D eigenvalue weighted by Gasteiger charge is 2.36. The van der Waals surface area contributed by atoms with E-state index in [-0.39, 0.29) is 5.60 Å². The summed E-state index contributed by atoms with van der Waals surface area (Å²) < 4.78 is 12.5. The predicted molar refractivity (Wildman–Crippen MR) is 85.3 cm³/mol. The van der Waals surface area contributed by atoms with Crippen LogP contribution in [0.3, 0.4) is 0 Å². The fourth-order valence-electron chi connectivity index (χ4n) is 2.71. The lowest BCUT2D eigenvalue weighted by Gasteiger charge is -2.40. The average molecular weight is 342 g/mol. The first-order valence-corrected chi connectivity index (χ1v) is 8.08. The van der Waals surface area contributed by atoms with Crippen LogP contribution in [0.15, 0.2) is 22.7 Å². The van der Waals surface area contributed by atoms with Crippen LogP contribution in [0.1, 0.15) is 44.7 Å². The molecule has 0 saturated heterocycles. The van der Waals surface area contributed by atoms with Gasteiger partial charge in [-0.1, -0.05) is 28.9 Å². The van der Waals surface area contributed by atoms with Gasteiger partial charge in [0.25, 0.3) is 0 Å². The first-order valence-electron chi connectivity index (χ1n) is 7.29. The minimum absolute atomic E-state index is 0.171. The minimum atomic E-state index is -0.171. The van der Waals surface area contributed by atoms with Crippen LogP contribution < -0.4 is 10.1 Å². The SMILES string of the molecule is CCCNC1CC(C)(CCOC)Oc2cc(Br)ccc21. The fraction of sp³-hybridized carbons (Fsp3) is 0.625. The highest BCUT2D eigenvalue weighted by molar-refractivity contribution is 9.10. The van der Waals surface area contributed by atoms with Gasteiger partial charge in [0.15, 0.2) is 0 Å². The molecule has 4 heteroatoms. The zero-order chi connectivity index (χ0) is 14.6. The summed E-state index contributed by atoms with van der Waals surface area (Å²) in [7, 11) is 1.74. The number of ether oxygens (including phenoxy) is 2. The molecule has 1 aliphatic rings. The summed E-state index contributed by atoms with van der Waals surface area (Å²) in [5, 5.41) is 3.64. The molecule has 1 aliphatic heterocycles. The Morgan fingerprint density at radius 2 is 2.30 bits per heavy atom. The second kappa shape index (κ2) is 6.92.